The molecule has 32 heavy (non-hydrogen) atoms. The molecule has 1 heterocycles. The Morgan fingerprint density at radius 3 is 2.44 bits per heavy atom. The van der Waals surface area contributed by atoms with Crippen LogP contribution in [0.1, 0.15) is 12.6 Å². The standard InChI is InChI=1S/C19H17ClF4N2O6/c1-4-31-17(28)5-10(30-3)9-32-14-7-13(12(21)6-11(14)20)26-16(27)8-15(19(22,23)24)25(2)18(26)29/h5-8H,4,9H2,1-3H3. The molecule has 0 saturated heterocycles. The third kappa shape index (κ3) is 5.49. The number of methoxy groups -OCH3 is 1. The minimum absolute atomic E-state index is 0.00741. The Balaban J connectivity index is 2.50. The molecule has 174 valence electrons. The molecule has 1 aromatic heterocycles. The first kappa shape index (κ1) is 25.0. The van der Waals surface area contributed by atoms with Crippen molar-refractivity contribution in [3.05, 3.63) is 67.4 Å². The van der Waals surface area contributed by atoms with Gasteiger partial charge in [-0.15, -0.1) is 0 Å². The molecular weight excluding hydrogens is 464 g/mol. The summed E-state index contributed by atoms with van der Waals surface area (Å²) in [5.74, 6) is -2.09. The molecule has 0 unspecified atom stereocenters. The largest absolute Gasteiger partial charge is 0.497 e. The van der Waals surface area contributed by atoms with E-state index < -0.39 is 40.6 Å². The van der Waals surface area contributed by atoms with Gasteiger partial charge in [-0.05, 0) is 13.0 Å². The summed E-state index contributed by atoms with van der Waals surface area (Å²) >= 11 is 5.93. The van der Waals surface area contributed by atoms with E-state index in [2.05, 4.69) is 0 Å². The van der Waals surface area contributed by atoms with Crippen LogP contribution in [0.5, 0.6) is 5.75 Å². The van der Waals surface area contributed by atoms with Crippen LogP contribution in [0.25, 0.3) is 5.69 Å². The Morgan fingerprint density at radius 1 is 1.22 bits per heavy atom. The normalized spacial score (nSPS) is 11.9. The molecule has 2 rings (SSSR count). The first-order valence-electron chi connectivity index (χ1n) is 8.84. The SMILES string of the molecule is CCOC(=O)C=C(COc1cc(-n2c(=O)cc(C(F)(F)F)n(C)c2=O)c(F)cc1Cl)OC. The van der Waals surface area contributed by atoms with E-state index in [9.17, 15) is 31.9 Å². The van der Waals surface area contributed by atoms with Crippen molar-refractivity contribution in [1.29, 1.82) is 0 Å². The lowest BCUT2D eigenvalue weighted by atomic mass is 10.2. The predicted octanol–water partition coefficient (Wildman–Crippen LogP) is 2.82. The number of hydrogen-bond acceptors (Lipinski definition) is 6. The minimum Gasteiger partial charge on any atom is -0.497 e. The first-order chi connectivity index (χ1) is 14.9. The Kier molecular flexibility index (Phi) is 7.73. The zero-order valence-corrected chi connectivity index (χ0v) is 17.7. The number of ether oxygens (including phenoxy) is 3. The van der Waals surface area contributed by atoms with Gasteiger partial charge in [0.1, 0.15) is 29.6 Å². The van der Waals surface area contributed by atoms with E-state index in [1.807, 2.05) is 0 Å². The Labute approximate surface area is 183 Å². The summed E-state index contributed by atoms with van der Waals surface area (Å²) in [5.41, 5.74) is -5.02. The lowest BCUT2D eigenvalue weighted by molar-refractivity contribution is -0.144. The summed E-state index contributed by atoms with van der Waals surface area (Å²) in [7, 11) is 2.04. The van der Waals surface area contributed by atoms with Crippen molar-refractivity contribution in [3.63, 3.8) is 0 Å². The van der Waals surface area contributed by atoms with Gasteiger partial charge in [-0.3, -0.25) is 9.36 Å². The second-order valence-electron chi connectivity index (χ2n) is 6.13. The average Bonchev–Trinajstić information content (AvgIpc) is 2.69. The van der Waals surface area contributed by atoms with Crippen LogP contribution in [-0.2, 0) is 27.5 Å². The van der Waals surface area contributed by atoms with Gasteiger partial charge in [-0.2, -0.15) is 13.2 Å². The Morgan fingerprint density at radius 2 is 1.88 bits per heavy atom. The van der Waals surface area contributed by atoms with Crippen LogP contribution in [0.15, 0.2) is 39.6 Å². The third-order valence-corrected chi connectivity index (χ3v) is 4.35. The number of alkyl halides is 3. The van der Waals surface area contributed by atoms with Crippen molar-refractivity contribution >= 4 is 17.6 Å². The first-order valence-corrected chi connectivity index (χ1v) is 9.22. The number of nitrogens with zero attached hydrogens (tertiary/aromatic N) is 2. The van der Waals surface area contributed by atoms with Crippen molar-refractivity contribution in [1.82, 2.24) is 9.13 Å². The van der Waals surface area contributed by atoms with Gasteiger partial charge < -0.3 is 14.2 Å². The van der Waals surface area contributed by atoms with E-state index in [1.165, 1.54) is 7.11 Å². The minimum atomic E-state index is -4.97. The molecule has 2 aromatic rings. The summed E-state index contributed by atoms with van der Waals surface area (Å²) in [6.45, 7) is 1.35. The van der Waals surface area contributed by atoms with Crippen LogP contribution in [-0.4, -0.2) is 35.4 Å². The molecule has 0 aliphatic carbocycles. The molecule has 0 bridgehead atoms. The van der Waals surface area contributed by atoms with Crippen LogP contribution >= 0.6 is 11.6 Å². The highest BCUT2D eigenvalue weighted by Gasteiger charge is 2.35. The fourth-order valence-electron chi connectivity index (χ4n) is 2.54. The number of carbonyl (C=O) groups excluding carboxylic acids is 1. The van der Waals surface area contributed by atoms with E-state index in [-0.39, 0.29) is 44.9 Å². The zero-order chi connectivity index (χ0) is 24.2. The Bertz CT molecular complexity index is 1170. The van der Waals surface area contributed by atoms with Gasteiger partial charge in [0.2, 0.25) is 0 Å². The number of halogens is 5. The molecule has 0 spiro atoms. The van der Waals surface area contributed by atoms with Crippen LogP contribution in [0.2, 0.25) is 5.02 Å². The maximum absolute atomic E-state index is 14.5. The summed E-state index contributed by atoms with van der Waals surface area (Å²) in [4.78, 5) is 36.2. The van der Waals surface area contributed by atoms with Crippen molar-refractivity contribution in [2.45, 2.75) is 13.1 Å². The fraction of sp³-hybridized carbons (Fsp3) is 0.316. The quantitative estimate of drug-likeness (QED) is 0.262. The van der Waals surface area contributed by atoms with E-state index in [0.29, 0.717) is 0 Å². The van der Waals surface area contributed by atoms with Gasteiger partial charge in [-0.25, -0.2) is 18.5 Å². The van der Waals surface area contributed by atoms with Crippen LogP contribution in [0.4, 0.5) is 17.6 Å². The monoisotopic (exact) mass is 480 g/mol. The predicted molar refractivity (Wildman–Crippen MR) is 104 cm³/mol. The summed E-state index contributed by atoms with van der Waals surface area (Å²) in [5, 5.41) is -0.269. The van der Waals surface area contributed by atoms with Crippen molar-refractivity contribution in [2.24, 2.45) is 7.05 Å². The fourth-order valence-corrected chi connectivity index (χ4v) is 2.75. The number of aromatic nitrogens is 2. The highest BCUT2D eigenvalue weighted by molar-refractivity contribution is 6.32. The van der Waals surface area contributed by atoms with Crippen LogP contribution in [0, 0.1) is 5.82 Å². The molecule has 8 nitrogen and oxygen atoms in total. The topological polar surface area (TPSA) is 88.8 Å². The maximum atomic E-state index is 14.5. The average molecular weight is 481 g/mol. The highest BCUT2D eigenvalue weighted by atomic mass is 35.5. The molecule has 13 heteroatoms. The van der Waals surface area contributed by atoms with Gasteiger partial charge in [0.05, 0.1) is 30.5 Å². The molecule has 0 N–H and O–H groups in total. The molecule has 0 radical (unpaired) electrons. The van der Waals surface area contributed by atoms with Crippen LogP contribution < -0.4 is 16.0 Å². The molecular formula is C19H17ClF4N2O6. The summed E-state index contributed by atoms with van der Waals surface area (Å²) in [6, 6.07) is 1.75. The number of benzene rings is 1. The number of esters is 1. The van der Waals surface area contributed by atoms with Crippen molar-refractivity contribution in [3.8, 4) is 11.4 Å². The van der Waals surface area contributed by atoms with Gasteiger partial charge in [0.25, 0.3) is 5.56 Å². The highest BCUT2D eigenvalue weighted by Crippen LogP contribution is 2.30. The molecule has 0 atom stereocenters. The molecule has 0 fully saturated rings. The van der Waals surface area contributed by atoms with E-state index >= 15 is 0 Å². The van der Waals surface area contributed by atoms with Gasteiger partial charge in [0.15, 0.2) is 0 Å². The number of hydrogen-bond donors (Lipinski definition) is 0. The molecule has 0 saturated carbocycles. The molecule has 0 amide bonds. The van der Waals surface area contributed by atoms with Gasteiger partial charge in [-0.1, -0.05) is 11.6 Å². The second-order valence-corrected chi connectivity index (χ2v) is 6.54. The lowest BCUT2D eigenvalue weighted by Gasteiger charge is -2.16. The van der Waals surface area contributed by atoms with E-state index in [0.717, 1.165) is 25.3 Å². The smallest absolute Gasteiger partial charge is 0.431 e. The summed E-state index contributed by atoms with van der Waals surface area (Å²) < 4.78 is 69.0. The Hall–Kier alpha value is -3.28. The lowest BCUT2D eigenvalue weighted by Crippen LogP contribution is -2.41. The molecule has 0 aliphatic rings. The zero-order valence-electron chi connectivity index (χ0n) is 17.0. The second kappa shape index (κ2) is 9.90. The van der Waals surface area contributed by atoms with E-state index in [1.54, 1.807) is 6.92 Å². The molecule has 1 aromatic carbocycles. The number of rotatable bonds is 7. The summed E-state index contributed by atoms with van der Waals surface area (Å²) in [6.07, 6.45) is -3.97. The maximum Gasteiger partial charge on any atom is 0.431 e. The van der Waals surface area contributed by atoms with Gasteiger partial charge >= 0.3 is 17.8 Å². The van der Waals surface area contributed by atoms with Crippen LogP contribution in [0.3, 0.4) is 0 Å². The number of carbonyl (C=O) groups is 1. The van der Waals surface area contributed by atoms with Crippen molar-refractivity contribution in [2.75, 3.05) is 20.3 Å². The van der Waals surface area contributed by atoms with E-state index in [4.69, 9.17) is 25.8 Å². The van der Waals surface area contributed by atoms with Crippen molar-refractivity contribution < 1.29 is 36.6 Å². The van der Waals surface area contributed by atoms with Gasteiger partial charge in [0, 0.05) is 19.2 Å². The molecule has 0 aliphatic heterocycles. The third-order valence-electron chi connectivity index (χ3n) is 4.05.